The normalized spacial score (nSPS) is 12.6. The highest BCUT2D eigenvalue weighted by molar-refractivity contribution is 5.88. The van der Waals surface area contributed by atoms with Gasteiger partial charge in [-0.3, -0.25) is 4.79 Å². The zero-order chi connectivity index (χ0) is 11.4. The predicted octanol–water partition coefficient (Wildman–Crippen LogP) is 1.94. The van der Waals surface area contributed by atoms with Gasteiger partial charge in [-0.2, -0.15) is 0 Å². The van der Waals surface area contributed by atoms with Crippen LogP contribution in [0.15, 0.2) is 24.3 Å². The van der Waals surface area contributed by atoms with Crippen molar-refractivity contribution in [2.75, 3.05) is 5.32 Å². The van der Waals surface area contributed by atoms with Crippen LogP contribution in [-0.4, -0.2) is 17.4 Å². The largest absolute Gasteiger partial charge is 0.382 e. The molecule has 0 bridgehead atoms. The molecule has 1 aromatic rings. The van der Waals surface area contributed by atoms with Crippen molar-refractivity contribution in [3.8, 4) is 0 Å². The molecule has 15 heavy (non-hydrogen) atoms. The molecule has 1 atom stereocenters. The summed E-state index contributed by atoms with van der Waals surface area (Å²) in [5, 5.41) is 11.5. The molecule has 1 rings (SSSR count). The lowest BCUT2D eigenvalue weighted by molar-refractivity contribution is -0.114. The highest BCUT2D eigenvalue weighted by Gasteiger charge is 2.18. The summed E-state index contributed by atoms with van der Waals surface area (Å²) in [5.74, 6) is -0.239. The van der Waals surface area contributed by atoms with Gasteiger partial charge in [0, 0.05) is 12.6 Å². The van der Waals surface area contributed by atoms with Crippen LogP contribution in [0.4, 0.5) is 14.5 Å². The number of benzene rings is 1. The van der Waals surface area contributed by atoms with Crippen molar-refractivity contribution in [3.63, 3.8) is 0 Å². The molecule has 0 aromatic heterocycles. The van der Waals surface area contributed by atoms with Gasteiger partial charge in [-0.05, 0) is 17.7 Å². The van der Waals surface area contributed by atoms with E-state index < -0.39 is 12.5 Å². The zero-order valence-corrected chi connectivity index (χ0v) is 8.08. The summed E-state index contributed by atoms with van der Waals surface area (Å²) in [4.78, 5) is 10.7. The first kappa shape index (κ1) is 11.6. The average Bonchev–Trinajstić information content (AvgIpc) is 2.17. The summed E-state index contributed by atoms with van der Waals surface area (Å²) in [6, 6.07) is 5.62. The van der Waals surface area contributed by atoms with Crippen LogP contribution in [-0.2, 0) is 4.79 Å². The molecule has 0 aliphatic carbocycles. The highest BCUT2D eigenvalue weighted by atomic mass is 19.3. The quantitative estimate of drug-likeness (QED) is 0.809. The standard InChI is InChI=1S/C10H11F2NO2/c1-6(14)13-8-4-2-7(3-5-8)9(15)10(11)12/h2-5,9-10,15H,1H3,(H,13,14). The number of amides is 1. The van der Waals surface area contributed by atoms with E-state index in [2.05, 4.69) is 5.32 Å². The molecule has 2 N–H and O–H groups in total. The van der Waals surface area contributed by atoms with Crippen LogP contribution >= 0.6 is 0 Å². The number of hydrogen-bond donors (Lipinski definition) is 2. The fourth-order valence-electron chi connectivity index (χ4n) is 1.11. The highest BCUT2D eigenvalue weighted by Crippen LogP contribution is 2.21. The lowest BCUT2D eigenvalue weighted by atomic mass is 10.1. The Bertz CT molecular complexity index is 338. The van der Waals surface area contributed by atoms with Crippen molar-refractivity contribution in [1.29, 1.82) is 0 Å². The van der Waals surface area contributed by atoms with Crippen LogP contribution in [0.5, 0.6) is 0 Å². The molecule has 0 fully saturated rings. The second-order valence-corrected chi connectivity index (χ2v) is 3.08. The smallest absolute Gasteiger partial charge is 0.268 e. The molecule has 3 nitrogen and oxygen atoms in total. The molecule has 0 aliphatic heterocycles. The third-order valence-corrected chi connectivity index (χ3v) is 1.81. The lowest BCUT2D eigenvalue weighted by Crippen LogP contribution is -2.09. The van der Waals surface area contributed by atoms with Crippen LogP contribution in [0.2, 0.25) is 0 Å². The molecule has 1 unspecified atom stereocenters. The number of alkyl halides is 2. The van der Waals surface area contributed by atoms with Gasteiger partial charge in [-0.15, -0.1) is 0 Å². The van der Waals surface area contributed by atoms with Gasteiger partial charge in [0.25, 0.3) is 6.43 Å². The predicted molar refractivity (Wildman–Crippen MR) is 51.7 cm³/mol. The van der Waals surface area contributed by atoms with Crippen LogP contribution in [0.3, 0.4) is 0 Å². The van der Waals surface area contributed by atoms with Gasteiger partial charge < -0.3 is 10.4 Å². The van der Waals surface area contributed by atoms with Gasteiger partial charge in [0.2, 0.25) is 5.91 Å². The summed E-state index contributed by atoms with van der Waals surface area (Å²) in [7, 11) is 0. The van der Waals surface area contributed by atoms with Crippen molar-refractivity contribution < 1.29 is 18.7 Å². The number of carbonyl (C=O) groups excluding carboxylic acids is 1. The van der Waals surface area contributed by atoms with Gasteiger partial charge in [0.05, 0.1) is 0 Å². The molecule has 0 saturated heterocycles. The minimum Gasteiger partial charge on any atom is -0.382 e. The van der Waals surface area contributed by atoms with Crippen LogP contribution in [0.1, 0.15) is 18.6 Å². The molecular weight excluding hydrogens is 204 g/mol. The summed E-state index contributed by atoms with van der Waals surface area (Å²) < 4.78 is 24.2. The van der Waals surface area contributed by atoms with Gasteiger partial charge in [0.1, 0.15) is 6.10 Å². The Morgan fingerprint density at radius 3 is 2.27 bits per heavy atom. The van der Waals surface area contributed by atoms with Crippen LogP contribution in [0, 0.1) is 0 Å². The third-order valence-electron chi connectivity index (χ3n) is 1.81. The Morgan fingerprint density at radius 1 is 1.33 bits per heavy atom. The van der Waals surface area contributed by atoms with Crippen molar-refractivity contribution in [2.24, 2.45) is 0 Å². The number of rotatable bonds is 3. The number of carbonyl (C=O) groups is 1. The maximum absolute atomic E-state index is 12.1. The Labute approximate surface area is 85.7 Å². The van der Waals surface area contributed by atoms with E-state index in [9.17, 15) is 13.6 Å². The molecular formula is C10H11F2NO2. The number of aliphatic hydroxyl groups excluding tert-OH is 1. The number of hydrogen-bond acceptors (Lipinski definition) is 2. The van der Waals surface area contributed by atoms with Crippen molar-refractivity contribution in [1.82, 2.24) is 0 Å². The Hall–Kier alpha value is -1.49. The minimum absolute atomic E-state index is 0.124. The number of halogens is 2. The van der Waals surface area contributed by atoms with Gasteiger partial charge in [-0.25, -0.2) is 8.78 Å². The van der Waals surface area contributed by atoms with Crippen molar-refractivity contribution >= 4 is 11.6 Å². The first-order chi connectivity index (χ1) is 7.00. The minimum atomic E-state index is -2.81. The van der Waals surface area contributed by atoms with Crippen LogP contribution in [0.25, 0.3) is 0 Å². The number of anilines is 1. The Morgan fingerprint density at radius 2 is 1.87 bits per heavy atom. The molecule has 1 aromatic carbocycles. The molecule has 0 spiro atoms. The maximum Gasteiger partial charge on any atom is 0.268 e. The fourth-order valence-corrected chi connectivity index (χ4v) is 1.11. The summed E-state index contributed by atoms with van der Waals surface area (Å²) in [6.07, 6.45) is -4.59. The van der Waals surface area contributed by atoms with Gasteiger partial charge in [-0.1, -0.05) is 12.1 Å². The first-order valence-corrected chi connectivity index (χ1v) is 4.34. The third kappa shape index (κ3) is 3.28. The first-order valence-electron chi connectivity index (χ1n) is 4.34. The fraction of sp³-hybridized carbons (Fsp3) is 0.300. The molecule has 0 heterocycles. The maximum atomic E-state index is 12.1. The topological polar surface area (TPSA) is 49.3 Å². The summed E-state index contributed by atoms with van der Waals surface area (Å²) in [6.45, 7) is 1.35. The van der Waals surface area contributed by atoms with E-state index in [0.29, 0.717) is 5.69 Å². The zero-order valence-electron chi connectivity index (χ0n) is 8.08. The van der Waals surface area contributed by atoms with E-state index in [1.54, 1.807) is 0 Å². The Balaban J connectivity index is 2.76. The van der Waals surface area contributed by atoms with E-state index in [0.717, 1.165) is 0 Å². The molecule has 1 amide bonds. The van der Waals surface area contributed by atoms with E-state index in [1.807, 2.05) is 0 Å². The molecule has 0 aliphatic rings. The van der Waals surface area contributed by atoms with Gasteiger partial charge >= 0.3 is 0 Å². The monoisotopic (exact) mass is 215 g/mol. The van der Waals surface area contributed by atoms with E-state index in [1.165, 1.54) is 31.2 Å². The van der Waals surface area contributed by atoms with E-state index >= 15 is 0 Å². The van der Waals surface area contributed by atoms with Crippen molar-refractivity contribution in [2.45, 2.75) is 19.5 Å². The van der Waals surface area contributed by atoms with Crippen molar-refractivity contribution in [3.05, 3.63) is 29.8 Å². The van der Waals surface area contributed by atoms with Gasteiger partial charge in [0.15, 0.2) is 0 Å². The SMILES string of the molecule is CC(=O)Nc1ccc(C(O)C(F)F)cc1. The summed E-state index contributed by atoms with van der Waals surface area (Å²) >= 11 is 0. The molecule has 82 valence electrons. The summed E-state index contributed by atoms with van der Waals surface area (Å²) in [5.41, 5.74) is 0.631. The second-order valence-electron chi connectivity index (χ2n) is 3.08. The van der Waals surface area contributed by atoms with E-state index in [4.69, 9.17) is 5.11 Å². The molecule has 5 heteroatoms. The van der Waals surface area contributed by atoms with Crippen LogP contribution < -0.4 is 5.32 Å². The van der Waals surface area contributed by atoms with E-state index in [-0.39, 0.29) is 11.5 Å². The Kier molecular flexibility index (Phi) is 3.74. The lowest BCUT2D eigenvalue weighted by Gasteiger charge is -2.10. The second kappa shape index (κ2) is 4.84. The molecule has 0 saturated carbocycles. The average molecular weight is 215 g/mol. The number of nitrogens with one attached hydrogen (secondary N) is 1. The number of aliphatic hydroxyl groups is 1. The molecule has 0 radical (unpaired) electrons.